The molecule has 1 unspecified atom stereocenters. The standard InChI is InChI=1S/C23H38N2O5.C2H2O4/c1-3-5-15-29-21-11-9-20(10-12-21)24-23(26)30-22(19-28-17-16-27-4-2)18-25-13-7-6-8-14-25;3-1(4)2(5)6/h9-12,22H,3-8,13-19H2,1-2H3,(H,24,26);(H,3,4)(H,5,6). The van der Waals surface area contributed by atoms with Gasteiger partial charge in [-0.3, -0.25) is 10.2 Å². The van der Waals surface area contributed by atoms with Crippen LogP contribution in [0, 0.1) is 0 Å². The molecule has 0 aromatic heterocycles. The average molecular weight is 513 g/mol. The van der Waals surface area contributed by atoms with Gasteiger partial charge in [-0.05, 0) is 63.5 Å². The van der Waals surface area contributed by atoms with E-state index in [2.05, 4.69) is 17.1 Å². The van der Waals surface area contributed by atoms with E-state index in [1.165, 1.54) is 19.3 Å². The Morgan fingerprint density at radius 2 is 1.58 bits per heavy atom. The average Bonchev–Trinajstić information content (AvgIpc) is 2.86. The summed E-state index contributed by atoms with van der Waals surface area (Å²) in [6.07, 6.45) is 4.99. The van der Waals surface area contributed by atoms with Gasteiger partial charge in [0, 0.05) is 18.8 Å². The number of benzene rings is 1. The van der Waals surface area contributed by atoms with Gasteiger partial charge in [-0.15, -0.1) is 0 Å². The summed E-state index contributed by atoms with van der Waals surface area (Å²) < 4.78 is 22.3. The molecule has 1 heterocycles. The molecule has 0 bridgehead atoms. The van der Waals surface area contributed by atoms with Gasteiger partial charge in [0.25, 0.3) is 0 Å². The molecule has 1 atom stereocenters. The van der Waals surface area contributed by atoms with Crippen LogP contribution in [-0.2, 0) is 23.8 Å². The number of ether oxygens (including phenoxy) is 4. The molecule has 204 valence electrons. The Morgan fingerprint density at radius 3 is 2.17 bits per heavy atom. The topological polar surface area (TPSA) is 144 Å². The first-order valence-corrected chi connectivity index (χ1v) is 12.4. The number of rotatable bonds is 14. The van der Waals surface area contributed by atoms with Crippen molar-refractivity contribution in [3.63, 3.8) is 0 Å². The Balaban J connectivity index is 0.000000960. The summed E-state index contributed by atoms with van der Waals surface area (Å²) in [5.74, 6) is -2.85. The molecule has 1 amide bonds. The van der Waals surface area contributed by atoms with E-state index >= 15 is 0 Å². The van der Waals surface area contributed by atoms with Crippen LogP contribution in [0.3, 0.4) is 0 Å². The maximum absolute atomic E-state index is 12.4. The molecule has 1 aliphatic rings. The van der Waals surface area contributed by atoms with E-state index in [-0.39, 0.29) is 6.10 Å². The smallest absolute Gasteiger partial charge is 0.414 e. The van der Waals surface area contributed by atoms with Crippen LogP contribution in [0.15, 0.2) is 24.3 Å². The summed E-state index contributed by atoms with van der Waals surface area (Å²) >= 11 is 0. The minimum atomic E-state index is -1.82. The van der Waals surface area contributed by atoms with E-state index in [1.807, 2.05) is 31.2 Å². The molecule has 1 fully saturated rings. The number of hydrogen-bond donors (Lipinski definition) is 3. The number of anilines is 1. The summed E-state index contributed by atoms with van der Waals surface area (Å²) in [6.45, 7) is 9.63. The number of carboxylic acids is 2. The van der Waals surface area contributed by atoms with Crippen LogP contribution in [0.1, 0.15) is 46.0 Å². The zero-order chi connectivity index (χ0) is 26.6. The number of carboxylic acid groups (broad SMARTS) is 2. The first kappa shape index (κ1) is 31.1. The van der Waals surface area contributed by atoms with Gasteiger partial charge in [0.1, 0.15) is 11.9 Å². The molecule has 1 aliphatic heterocycles. The number of carbonyl (C=O) groups is 3. The summed E-state index contributed by atoms with van der Waals surface area (Å²) in [4.78, 5) is 33.0. The normalized spacial score (nSPS) is 14.2. The van der Waals surface area contributed by atoms with E-state index in [9.17, 15) is 4.79 Å². The highest BCUT2D eigenvalue weighted by atomic mass is 16.6. The molecule has 2 rings (SSSR count). The van der Waals surface area contributed by atoms with Crippen molar-refractivity contribution in [2.24, 2.45) is 0 Å². The second kappa shape index (κ2) is 19.3. The van der Waals surface area contributed by atoms with Crippen LogP contribution in [0.25, 0.3) is 0 Å². The second-order valence-corrected chi connectivity index (χ2v) is 8.12. The SMILES string of the molecule is CCCCOc1ccc(NC(=O)OC(COCCOCC)CN2CCCCC2)cc1.O=C(O)C(=O)O. The van der Waals surface area contributed by atoms with Gasteiger partial charge in [-0.1, -0.05) is 19.8 Å². The highest BCUT2D eigenvalue weighted by Crippen LogP contribution is 2.17. The van der Waals surface area contributed by atoms with Crippen molar-refractivity contribution in [3.8, 4) is 5.75 Å². The summed E-state index contributed by atoms with van der Waals surface area (Å²) in [6, 6.07) is 7.35. The Morgan fingerprint density at radius 1 is 0.944 bits per heavy atom. The number of likely N-dealkylation sites (tertiary alicyclic amines) is 1. The Bertz CT molecular complexity index is 740. The van der Waals surface area contributed by atoms with Crippen molar-refractivity contribution in [2.45, 2.75) is 52.1 Å². The van der Waals surface area contributed by atoms with Gasteiger partial charge in [0.15, 0.2) is 0 Å². The predicted molar refractivity (Wildman–Crippen MR) is 134 cm³/mol. The van der Waals surface area contributed by atoms with E-state index in [4.69, 9.17) is 38.7 Å². The van der Waals surface area contributed by atoms with Crippen molar-refractivity contribution < 1.29 is 43.5 Å². The van der Waals surface area contributed by atoms with E-state index in [1.54, 1.807) is 0 Å². The highest BCUT2D eigenvalue weighted by Gasteiger charge is 2.20. The number of nitrogens with zero attached hydrogens (tertiary/aromatic N) is 1. The third kappa shape index (κ3) is 15.2. The van der Waals surface area contributed by atoms with Crippen LogP contribution in [0.5, 0.6) is 5.75 Å². The highest BCUT2D eigenvalue weighted by molar-refractivity contribution is 6.27. The third-order valence-electron chi connectivity index (χ3n) is 5.11. The monoisotopic (exact) mass is 512 g/mol. The minimum absolute atomic E-state index is 0.318. The van der Waals surface area contributed by atoms with E-state index in [0.29, 0.717) is 45.3 Å². The maximum atomic E-state index is 12.4. The molecular formula is C25H40N2O9. The Labute approximate surface area is 212 Å². The van der Waals surface area contributed by atoms with Gasteiger partial charge in [0.05, 0.1) is 26.4 Å². The fourth-order valence-corrected chi connectivity index (χ4v) is 3.30. The molecule has 1 saturated heterocycles. The minimum Gasteiger partial charge on any atom is -0.494 e. The molecule has 11 nitrogen and oxygen atoms in total. The number of piperidine rings is 1. The predicted octanol–water partition coefficient (Wildman–Crippen LogP) is 3.48. The first-order valence-electron chi connectivity index (χ1n) is 12.4. The van der Waals surface area contributed by atoms with Gasteiger partial charge < -0.3 is 29.2 Å². The summed E-state index contributed by atoms with van der Waals surface area (Å²) in [5.41, 5.74) is 0.678. The fraction of sp³-hybridized carbons (Fsp3) is 0.640. The number of amides is 1. The number of aliphatic carboxylic acids is 2. The lowest BCUT2D eigenvalue weighted by atomic mass is 10.1. The van der Waals surface area contributed by atoms with Crippen molar-refractivity contribution in [1.82, 2.24) is 4.90 Å². The molecule has 3 N–H and O–H groups in total. The number of unbranched alkanes of at least 4 members (excludes halogenated alkanes) is 1. The van der Waals surface area contributed by atoms with Gasteiger partial charge in [-0.2, -0.15) is 0 Å². The number of hydrogen-bond acceptors (Lipinski definition) is 8. The van der Waals surface area contributed by atoms with Crippen molar-refractivity contribution in [2.75, 3.05) is 58.0 Å². The Hall–Kier alpha value is -2.89. The molecule has 11 heteroatoms. The lowest BCUT2D eigenvalue weighted by Crippen LogP contribution is -2.41. The van der Waals surface area contributed by atoms with E-state index in [0.717, 1.165) is 31.7 Å². The molecular weight excluding hydrogens is 472 g/mol. The molecule has 0 spiro atoms. The Kier molecular flexibility index (Phi) is 16.7. The van der Waals surface area contributed by atoms with Crippen molar-refractivity contribution >= 4 is 23.7 Å². The lowest BCUT2D eigenvalue weighted by molar-refractivity contribution is -0.159. The van der Waals surface area contributed by atoms with Gasteiger partial charge >= 0.3 is 18.0 Å². The van der Waals surface area contributed by atoms with Gasteiger partial charge in [0.2, 0.25) is 0 Å². The quantitative estimate of drug-likeness (QED) is 0.250. The second-order valence-electron chi connectivity index (χ2n) is 8.12. The van der Waals surface area contributed by atoms with Crippen LogP contribution in [-0.4, -0.2) is 91.9 Å². The van der Waals surface area contributed by atoms with Crippen LogP contribution in [0.2, 0.25) is 0 Å². The lowest BCUT2D eigenvalue weighted by Gasteiger charge is -2.30. The van der Waals surface area contributed by atoms with Crippen LogP contribution >= 0.6 is 0 Å². The molecule has 0 aliphatic carbocycles. The summed E-state index contributed by atoms with van der Waals surface area (Å²) in [7, 11) is 0. The maximum Gasteiger partial charge on any atom is 0.414 e. The summed E-state index contributed by atoms with van der Waals surface area (Å²) in [5, 5.41) is 17.6. The number of carbonyl (C=O) groups excluding carboxylic acids is 1. The van der Waals surface area contributed by atoms with Crippen molar-refractivity contribution in [3.05, 3.63) is 24.3 Å². The van der Waals surface area contributed by atoms with Crippen LogP contribution in [0.4, 0.5) is 10.5 Å². The molecule has 0 saturated carbocycles. The zero-order valence-corrected chi connectivity index (χ0v) is 21.3. The largest absolute Gasteiger partial charge is 0.494 e. The molecule has 0 radical (unpaired) electrons. The van der Waals surface area contributed by atoms with E-state index < -0.39 is 18.0 Å². The zero-order valence-electron chi connectivity index (χ0n) is 21.3. The fourth-order valence-electron chi connectivity index (χ4n) is 3.30. The van der Waals surface area contributed by atoms with Crippen molar-refractivity contribution in [1.29, 1.82) is 0 Å². The first-order chi connectivity index (χ1) is 17.3. The molecule has 1 aromatic rings. The molecule has 36 heavy (non-hydrogen) atoms. The molecule has 1 aromatic carbocycles. The number of nitrogens with one attached hydrogen (secondary N) is 1. The van der Waals surface area contributed by atoms with Gasteiger partial charge in [-0.25, -0.2) is 14.4 Å². The third-order valence-corrected chi connectivity index (χ3v) is 5.11. The van der Waals surface area contributed by atoms with Crippen LogP contribution < -0.4 is 10.1 Å².